The van der Waals surface area contributed by atoms with Crippen LogP contribution in [0.3, 0.4) is 0 Å². The van der Waals surface area contributed by atoms with Crippen molar-refractivity contribution >= 4 is 16.9 Å². The Labute approximate surface area is 94.3 Å². The molecule has 2 rings (SSSR count). The van der Waals surface area contributed by atoms with Crippen LogP contribution >= 0.6 is 11.8 Å². The number of hydrogen-bond acceptors (Lipinski definition) is 4. The van der Waals surface area contributed by atoms with E-state index in [1.165, 1.54) is 0 Å². The van der Waals surface area contributed by atoms with Crippen LogP contribution in [0.2, 0.25) is 0 Å². The molecule has 0 saturated heterocycles. The predicted octanol–water partition coefficient (Wildman–Crippen LogP) is 2.73. The quantitative estimate of drug-likeness (QED) is 0.839. The van der Waals surface area contributed by atoms with Crippen molar-refractivity contribution in [2.75, 3.05) is 5.75 Å². The molecular formula is C11H16N2OS. The number of amidine groups is 1. The summed E-state index contributed by atoms with van der Waals surface area (Å²) in [4.78, 5) is 4.49. The van der Waals surface area contributed by atoms with Gasteiger partial charge in [0.2, 0.25) is 0 Å². The Morgan fingerprint density at radius 1 is 1.60 bits per heavy atom. The number of rotatable bonds is 2. The van der Waals surface area contributed by atoms with Crippen molar-refractivity contribution in [1.82, 2.24) is 5.32 Å². The van der Waals surface area contributed by atoms with Gasteiger partial charge in [-0.2, -0.15) is 0 Å². The lowest BCUT2D eigenvalue weighted by molar-refractivity contribution is 0.444. The summed E-state index contributed by atoms with van der Waals surface area (Å²) in [5, 5.41) is 4.39. The molecule has 15 heavy (non-hydrogen) atoms. The van der Waals surface area contributed by atoms with E-state index in [0.29, 0.717) is 6.04 Å². The molecule has 0 radical (unpaired) electrons. The smallest absolute Gasteiger partial charge is 0.157 e. The summed E-state index contributed by atoms with van der Waals surface area (Å²) in [5.74, 6) is 3.00. The van der Waals surface area contributed by atoms with Gasteiger partial charge in [-0.3, -0.25) is 4.99 Å². The van der Waals surface area contributed by atoms with Crippen LogP contribution in [0.1, 0.15) is 31.4 Å². The summed E-state index contributed by atoms with van der Waals surface area (Å²) in [5.41, 5.74) is 0. The van der Waals surface area contributed by atoms with E-state index in [-0.39, 0.29) is 6.04 Å². The molecule has 2 atom stereocenters. The predicted molar refractivity (Wildman–Crippen MR) is 64.4 cm³/mol. The van der Waals surface area contributed by atoms with Crippen LogP contribution in [-0.2, 0) is 0 Å². The summed E-state index contributed by atoms with van der Waals surface area (Å²) < 4.78 is 5.56. The van der Waals surface area contributed by atoms with Gasteiger partial charge in [-0.25, -0.2) is 0 Å². The zero-order valence-corrected chi connectivity index (χ0v) is 10.1. The second-order valence-electron chi connectivity index (χ2n) is 3.91. The third-order valence-electron chi connectivity index (χ3n) is 2.33. The zero-order chi connectivity index (χ0) is 10.8. The van der Waals surface area contributed by atoms with Crippen molar-refractivity contribution in [3.05, 3.63) is 23.7 Å². The lowest BCUT2D eigenvalue weighted by Gasteiger charge is -2.11. The first-order valence-electron chi connectivity index (χ1n) is 5.18. The molecule has 1 aliphatic heterocycles. The SMILES string of the molecule is Cc1ccc(C(C)NC2=NC(C)CS2)o1. The van der Waals surface area contributed by atoms with E-state index in [1.54, 1.807) is 11.8 Å². The van der Waals surface area contributed by atoms with Gasteiger partial charge in [-0.1, -0.05) is 11.8 Å². The molecule has 4 heteroatoms. The van der Waals surface area contributed by atoms with E-state index < -0.39 is 0 Å². The van der Waals surface area contributed by atoms with Crippen molar-refractivity contribution in [3.8, 4) is 0 Å². The molecule has 0 saturated carbocycles. The topological polar surface area (TPSA) is 37.5 Å². The summed E-state index contributed by atoms with van der Waals surface area (Å²) >= 11 is 1.78. The average molecular weight is 224 g/mol. The average Bonchev–Trinajstić information content (AvgIpc) is 2.75. The third-order valence-corrected chi connectivity index (χ3v) is 3.47. The molecule has 1 N–H and O–H groups in total. The molecule has 0 bridgehead atoms. The maximum absolute atomic E-state index is 5.56. The highest BCUT2D eigenvalue weighted by atomic mass is 32.2. The first-order chi connectivity index (χ1) is 7.15. The molecule has 0 aromatic carbocycles. The van der Waals surface area contributed by atoms with E-state index in [4.69, 9.17) is 4.42 Å². The van der Waals surface area contributed by atoms with Gasteiger partial charge in [0, 0.05) is 5.75 Å². The fourth-order valence-corrected chi connectivity index (χ4v) is 2.48. The molecular weight excluding hydrogens is 208 g/mol. The van der Waals surface area contributed by atoms with Crippen molar-refractivity contribution in [2.45, 2.75) is 32.9 Å². The largest absolute Gasteiger partial charge is 0.464 e. The standard InChI is InChI=1S/C11H16N2OS/c1-7-6-15-11(12-7)13-9(3)10-5-4-8(2)14-10/h4-5,7,9H,6H2,1-3H3,(H,12,13). The number of nitrogens with one attached hydrogen (secondary N) is 1. The van der Waals surface area contributed by atoms with Crippen LogP contribution in [0.15, 0.2) is 21.5 Å². The number of aryl methyl sites for hydroxylation is 1. The van der Waals surface area contributed by atoms with Gasteiger partial charge in [0.15, 0.2) is 5.17 Å². The normalized spacial score (nSPS) is 22.6. The van der Waals surface area contributed by atoms with Gasteiger partial charge in [0.1, 0.15) is 11.5 Å². The third kappa shape index (κ3) is 2.56. The molecule has 1 aromatic rings. The van der Waals surface area contributed by atoms with Crippen LogP contribution in [0, 0.1) is 6.92 Å². The Morgan fingerprint density at radius 3 is 2.93 bits per heavy atom. The van der Waals surface area contributed by atoms with Crippen LogP contribution in [0.25, 0.3) is 0 Å². The van der Waals surface area contributed by atoms with E-state index in [9.17, 15) is 0 Å². The highest BCUT2D eigenvalue weighted by molar-refractivity contribution is 8.14. The highest BCUT2D eigenvalue weighted by Gasteiger charge is 2.17. The first-order valence-corrected chi connectivity index (χ1v) is 6.17. The first kappa shape index (κ1) is 10.6. The lowest BCUT2D eigenvalue weighted by Crippen LogP contribution is -2.22. The van der Waals surface area contributed by atoms with Crippen molar-refractivity contribution < 1.29 is 4.42 Å². The van der Waals surface area contributed by atoms with Crippen molar-refractivity contribution in [1.29, 1.82) is 0 Å². The monoisotopic (exact) mass is 224 g/mol. The fourth-order valence-electron chi connectivity index (χ4n) is 1.50. The fraction of sp³-hybridized carbons (Fsp3) is 0.545. The summed E-state index contributed by atoms with van der Waals surface area (Å²) in [6.07, 6.45) is 0. The number of aliphatic imine (C=N–C) groups is 1. The molecule has 0 fully saturated rings. The number of hydrogen-bond donors (Lipinski definition) is 1. The number of furan rings is 1. The second kappa shape index (κ2) is 4.31. The van der Waals surface area contributed by atoms with Gasteiger partial charge < -0.3 is 9.73 Å². The minimum atomic E-state index is 0.190. The van der Waals surface area contributed by atoms with Crippen LogP contribution in [-0.4, -0.2) is 17.0 Å². The molecule has 1 aliphatic rings. The number of thioether (sulfide) groups is 1. The van der Waals surface area contributed by atoms with E-state index in [1.807, 2.05) is 19.1 Å². The van der Waals surface area contributed by atoms with Gasteiger partial charge in [0.25, 0.3) is 0 Å². The zero-order valence-electron chi connectivity index (χ0n) is 9.28. The van der Waals surface area contributed by atoms with Crippen molar-refractivity contribution in [3.63, 3.8) is 0 Å². The molecule has 2 unspecified atom stereocenters. The molecule has 2 heterocycles. The Hall–Kier alpha value is -0.900. The van der Waals surface area contributed by atoms with Gasteiger partial charge in [-0.15, -0.1) is 0 Å². The minimum absolute atomic E-state index is 0.190. The van der Waals surface area contributed by atoms with Gasteiger partial charge in [-0.05, 0) is 32.9 Å². The van der Waals surface area contributed by atoms with Crippen LogP contribution < -0.4 is 5.32 Å². The second-order valence-corrected chi connectivity index (χ2v) is 4.92. The van der Waals surface area contributed by atoms with Gasteiger partial charge in [0.05, 0.1) is 12.1 Å². The maximum Gasteiger partial charge on any atom is 0.157 e. The van der Waals surface area contributed by atoms with E-state index in [2.05, 4.69) is 24.2 Å². The highest BCUT2D eigenvalue weighted by Crippen LogP contribution is 2.20. The maximum atomic E-state index is 5.56. The summed E-state index contributed by atoms with van der Waals surface area (Å²) in [7, 11) is 0. The Balaban J connectivity index is 1.98. The lowest BCUT2D eigenvalue weighted by atomic mass is 10.2. The Bertz CT molecular complexity index is 372. The Morgan fingerprint density at radius 2 is 2.40 bits per heavy atom. The Kier molecular flexibility index (Phi) is 3.05. The van der Waals surface area contributed by atoms with Crippen LogP contribution in [0.5, 0.6) is 0 Å². The molecule has 0 aliphatic carbocycles. The molecule has 3 nitrogen and oxygen atoms in total. The molecule has 0 amide bonds. The summed E-state index contributed by atoms with van der Waals surface area (Å²) in [6.45, 7) is 6.17. The molecule has 0 spiro atoms. The minimum Gasteiger partial charge on any atom is -0.464 e. The van der Waals surface area contributed by atoms with Crippen LogP contribution in [0.4, 0.5) is 0 Å². The van der Waals surface area contributed by atoms with Crippen molar-refractivity contribution in [2.24, 2.45) is 4.99 Å². The van der Waals surface area contributed by atoms with E-state index in [0.717, 1.165) is 22.4 Å². The number of nitrogens with zero attached hydrogens (tertiary/aromatic N) is 1. The molecule has 1 aromatic heterocycles. The van der Waals surface area contributed by atoms with E-state index >= 15 is 0 Å². The van der Waals surface area contributed by atoms with Gasteiger partial charge >= 0.3 is 0 Å². The molecule has 82 valence electrons. The summed E-state index contributed by atoms with van der Waals surface area (Å²) in [6, 6.07) is 4.62.